The topological polar surface area (TPSA) is 90.0 Å². The number of hydrogen-bond acceptors (Lipinski definition) is 5. The molecule has 1 aliphatic carbocycles. The molecule has 0 radical (unpaired) electrons. The van der Waals surface area contributed by atoms with Gasteiger partial charge in [-0.1, -0.05) is 19.9 Å². The molecule has 1 aliphatic heterocycles. The van der Waals surface area contributed by atoms with E-state index in [1.807, 2.05) is 27.3 Å². The first kappa shape index (κ1) is 18.6. The van der Waals surface area contributed by atoms with E-state index < -0.39 is 30.1 Å². The Balaban J connectivity index is 1.98. The minimum absolute atomic E-state index is 0.168. The average molecular weight is 384 g/mol. The maximum absolute atomic E-state index is 12.1. The van der Waals surface area contributed by atoms with Crippen molar-refractivity contribution in [2.75, 3.05) is 6.54 Å². The molecule has 5 atom stereocenters. The number of fused-ring (bicyclic) bond motifs is 1. The summed E-state index contributed by atoms with van der Waals surface area (Å²) >= 11 is 7.33. The Morgan fingerprint density at radius 2 is 2.12 bits per heavy atom. The SMILES string of the molecule is CC(C)CN1C(=S)N(Cc2cccs2)C2C(O)C(O)CC(C(N)=O)C21. The quantitative estimate of drug-likeness (QED) is 0.651. The van der Waals surface area contributed by atoms with Gasteiger partial charge in [-0.3, -0.25) is 4.79 Å². The van der Waals surface area contributed by atoms with Crippen molar-refractivity contribution < 1.29 is 15.0 Å². The van der Waals surface area contributed by atoms with Gasteiger partial charge < -0.3 is 25.7 Å². The lowest BCUT2D eigenvalue weighted by Gasteiger charge is -2.42. The van der Waals surface area contributed by atoms with Gasteiger partial charge in [0.05, 0.1) is 30.7 Å². The third kappa shape index (κ3) is 3.40. The summed E-state index contributed by atoms with van der Waals surface area (Å²) in [5.74, 6) is -0.637. The molecule has 1 amide bonds. The molecule has 6 nitrogen and oxygen atoms in total. The van der Waals surface area contributed by atoms with Gasteiger partial charge in [0.25, 0.3) is 0 Å². The fraction of sp³-hybridized carbons (Fsp3) is 0.647. The highest BCUT2D eigenvalue weighted by Gasteiger charge is 2.56. The molecule has 0 bridgehead atoms. The number of thiocarbonyl (C=S) groups is 1. The van der Waals surface area contributed by atoms with Crippen molar-refractivity contribution in [3.05, 3.63) is 22.4 Å². The number of carbonyl (C=O) groups is 1. The number of nitrogens with two attached hydrogens (primary N) is 1. The molecule has 3 rings (SSSR count). The van der Waals surface area contributed by atoms with Crippen molar-refractivity contribution in [2.24, 2.45) is 17.6 Å². The standard InChI is InChI=1S/C17H25N3O3S2/c1-9(2)7-19-13-11(16(18)23)6-12(21)15(22)14(13)20(17(19)24)8-10-4-3-5-25-10/h3-5,9,11-15,21-22H,6-8H2,1-2H3,(H2,18,23). The van der Waals surface area contributed by atoms with Crippen molar-refractivity contribution in [3.8, 4) is 0 Å². The Kier molecular flexibility index (Phi) is 5.34. The minimum Gasteiger partial charge on any atom is -0.390 e. The number of thiophene rings is 1. The first-order valence-corrected chi connectivity index (χ1v) is 9.85. The van der Waals surface area contributed by atoms with Crippen LogP contribution in [0.3, 0.4) is 0 Å². The predicted octanol–water partition coefficient (Wildman–Crippen LogP) is 0.771. The van der Waals surface area contributed by atoms with Gasteiger partial charge in [-0.2, -0.15) is 0 Å². The molecule has 0 spiro atoms. The molecule has 1 aromatic heterocycles. The van der Waals surface area contributed by atoms with Gasteiger partial charge in [0, 0.05) is 11.4 Å². The first-order chi connectivity index (χ1) is 11.8. The number of nitrogens with zero attached hydrogens (tertiary/aromatic N) is 2. The third-order valence-corrected chi connectivity index (χ3v) is 6.38. The van der Waals surface area contributed by atoms with E-state index in [9.17, 15) is 15.0 Å². The fourth-order valence-electron chi connectivity index (χ4n) is 4.02. The molecule has 5 unspecified atom stereocenters. The summed E-state index contributed by atoms with van der Waals surface area (Å²) in [7, 11) is 0. The van der Waals surface area contributed by atoms with Crippen LogP contribution in [0.5, 0.6) is 0 Å². The Labute approximate surface area is 157 Å². The van der Waals surface area contributed by atoms with E-state index in [0.29, 0.717) is 24.1 Å². The fourth-order valence-corrected chi connectivity index (χ4v) is 5.10. The second-order valence-corrected chi connectivity index (χ2v) is 8.72. The summed E-state index contributed by atoms with van der Waals surface area (Å²) in [4.78, 5) is 17.2. The van der Waals surface area contributed by atoms with Crippen molar-refractivity contribution >= 4 is 34.6 Å². The predicted molar refractivity (Wildman–Crippen MR) is 101 cm³/mol. The van der Waals surface area contributed by atoms with Crippen LogP contribution in [0.1, 0.15) is 25.1 Å². The van der Waals surface area contributed by atoms with E-state index in [2.05, 4.69) is 13.8 Å². The summed E-state index contributed by atoms with van der Waals surface area (Å²) in [6.07, 6.45) is -1.77. The van der Waals surface area contributed by atoms with Crippen LogP contribution in [-0.4, -0.2) is 61.9 Å². The molecule has 1 saturated heterocycles. The van der Waals surface area contributed by atoms with Crippen LogP contribution >= 0.6 is 23.6 Å². The molecule has 25 heavy (non-hydrogen) atoms. The Morgan fingerprint density at radius 3 is 2.68 bits per heavy atom. The number of aliphatic hydroxyl groups is 2. The number of aliphatic hydroxyl groups excluding tert-OH is 2. The molecule has 0 aromatic carbocycles. The monoisotopic (exact) mass is 383 g/mol. The summed E-state index contributed by atoms with van der Waals surface area (Å²) in [5, 5.41) is 23.6. The largest absolute Gasteiger partial charge is 0.390 e. The molecule has 138 valence electrons. The van der Waals surface area contributed by atoms with Crippen LogP contribution in [0, 0.1) is 11.8 Å². The van der Waals surface area contributed by atoms with Gasteiger partial charge in [-0.15, -0.1) is 11.3 Å². The number of hydrogen-bond donors (Lipinski definition) is 3. The summed E-state index contributed by atoms with van der Waals surface area (Å²) in [6.45, 7) is 5.43. The van der Waals surface area contributed by atoms with E-state index in [1.54, 1.807) is 11.3 Å². The molecule has 1 aromatic rings. The lowest BCUT2D eigenvalue weighted by molar-refractivity contribution is -0.133. The highest BCUT2D eigenvalue weighted by atomic mass is 32.1. The second-order valence-electron chi connectivity index (χ2n) is 7.32. The summed E-state index contributed by atoms with van der Waals surface area (Å²) in [6, 6.07) is 3.26. The lowest BCUT2D eigenvalue weighted by Crippen LogP contribution is -2.61. The lowest BCUT2D eigenvalue weighted by atomic mass is 9.77. The molecular formula is C17H25N3O3S2. The van der Waals surface area contributed by atoms with Gasteiger partial charge in [0.2, 0.25) is 5.91 Å². The molecule has 2 aliphatic rings. The van der Waals surface area contributed by atoms with Crippen LogP contribution in [0.4, 0.5) is 0 Å². The van der Waals surface area contributed by atoms with Crippen LogP contribution in [-0.2, 0) is 11.3 Å². The van der Waals surface area contributed by atoms with Crippen molar-refractivity contribution in [1.29, 1.82) is 0 Å². The van der Waals surface area contributed by atoms with E-state index in [4.69, 9.17) is 18.0 Å². The zero-order valence-corrected chi connectivity index (χ0v) is 16.0. The normalized spacial score (nSPS) is 32.4. The maximum atomic E-state index is 12.1. The molecule has 4 N–H and O–H groups in total. The van der Waals surface area contributed by atoms with Crippen molar-refractivity contribution in [3.63, 3.8) is 0 Å². The van der Waals surface area contributed by atoms with Crippen LogP contribution in [0.2, 0.25) is 0 Å². The third-order valence-electron chi connectivity index (χ3n) is 5.05. The Morgan fingerprint density at radius 1 is 1.40 bits per heavy atom. The molecule has 1 saturated carbocycles. The summed E-state index contributed by atoms with van der Waals surface area (Å²) < 4.78 is 0. The number of primary amides is 1. The highest BCUT2D eigenvalue weighted by Crippen LogP contribution is 2.39. The first-order valence-electron chi connectivity index (χ1n) is 8.56. The van der Waals surface area contributed by atoms with Gasteiger partial charge in [0.15, 0.2) is 5.11 Å². The highest BCUT2D eigenvalue weighted by molar-refractivity contribution is 7.80. The van der Waals surface area contributed by atoms with E-state index in [1.165, 1.54) is 0 Å². The van der Waals surface area contributed by atoms with Crippen LogP contribution < -0.4 is 5.73 Å². The van der Waals surface area contributed by atoms with E-state index >= 15 is 0 Å². The van der Waals surface area contributed by atoms with Gasteiger partial charge in [-0.25, -0.2) is 0 Å². The second kappa shape index (κ2) is 7.19. The zero-order valence-electron chi connectivity index (χ0n) is 14.4. The maximum Gasteiger partial charge on any atom is 0.222 e. The summed E-state index contributed by atoms with van der Waals surface area (Å²) in [5.41, 5.74) is 5.63. The Hall–Kier alpha value is -1.22. The smallest absolute Gasteiger partial charge is 0.222 e. The number of carbonyl (C=O) groups excluding carboxylic acids is 1. The number of amides is 1. The minimum atomic E-state index is -0.980. The number of rotatable bonds is 5. The van der Waals surface area contributed by atoms with Crippen LogP contribution in [0.15, 0.2) is 17.5 Å². The molecule has 2 heterocycles. The van der Waals surface area contributed by atoms with Crippen molar-refractivity contribution in [1.82, 2.24) is 9.80 Å². The zero-order chi connectivity index (χ0) is 18.3. The molecule has 8 heteroatoms. The molecular weight excluding hydrogens is 358 g/mol. The van der Waals surface area contributed by atoms with Crippen LogP contribution in [0.25, 0.3) is 0 Å². The Bertz CT molecular complexity index is 637. The average Bonchev–Trinajstić information content (AvgIpc) is 3.13. The van der Waals surface area contributed by atoms with Crippen molar-refractivity contribution in [2.45, 2.75) is 51.1 Å². The van der Waals surface area contributed by atoms with Gasteiger partial charge in [0.1, 0.15) is 6.10 Å². The molecule has 2 fully saturated rings. The van der Waals surface area contributed by atoms with Gasteiger partial charge >= 0.3 is 0 Å². The van der Waals surface area contributed by atoms with E-state index in [0.717, 1.165) is 4.88 Å². The van der Waals surface area contributed by atoms with E-state index in [-0.39, 0.29) is 12.5 Å². The van der Waals surface area contributed by atoms with Gasteiger partial charge in [-0.05, 0) is 36.0 Å².